The molecular formula is C11H20N2O. The van der Waals surface area contributed by atoms with Gasteiger partial charge >= 0.3 is 0 Å². The van der Waals surface area contributed by atoms with Crippen molar-refractivity contribution in [1.29, 1.82) is 0 Å². The van der Waals surface area contributed by atoms with Crippen LogP contribution in [-0.4, -0.2) is 41.9 Å². The Bertz CT molecular complexity index is 237. The molecule has 0 saturated carbocycles. The van der Waals surface area contributed by atoms with Gasteiger partial charge < -0.3 is 4.90 Å². The molecule has 1 aliphatic heterocycles. The summed E-state index contributed by atoms with van der Waals surface area (Å²) in [7, 11) is 3.97. The van der Waals surface area contributed by atoms with Crippen LogP contribution in [0.3, 0.4) is 0 Å². The number of likely N-dealkylation sites (N-methyl/N-ethyl adjacent to an activating group) is 1. The lowest BCUT2D eigenvalue weighted by molar-refractivity contribution is -0.135. The van der Waals surface area contributed by atoms with Crippen molar-refractivity contribution in [2.45, 2.75) is 31.7 Å². The number of nitrogens with zero attached hydrogens (tertiary/aromatic N) is 2. The van der Waals surface area contributed by atoms with E-state index < -0.39 is 0 Å². The summed E-state index contributed by atoms with van der Waals surface area (Å²) in [6, 6.07) is 0. The number of carbonyl (C=O) groups is 1. The quantitative estimate of drug-likeness (QED) is 0.679. The first-order valence-electron chi connectivity index (χ1n) is 5.19. The molecule has 3 nitrogen and oxygen atoms in total. The van der Waals surface area contributed by atoms with Gasteiger partial charge in [-0.15, -0.1) is 0 Å². The zero-order chi connectivity index (χ0) is 10.8. The maximum atomic E-state index is 12.1. The van der Waals surface area contributed by atoms with Crippen LogP contribution in [-0.2, 0) is 4.79 Å². The van der Waals surface area contributed by atoms with Gasteiger partial charge in [-0.1, -0.05) is 19.9 Å². The highest BCUT2D eigenvalue weighted by atomic mass is 16.2. The van der Waals surface area contributed by atoms with Crippen molar-refractivity contribution in [3.8, 4) is 0 Å². The monoisotopic (exact) mass is 196 g/mol. The van der Waals surface area contributed by atoms with E-state index in [-0.39, 0.29) is 11.4 Å². The molecule has 1 fully saturated rings. The lowest BCUT2D eigenvalue weighted by atomic mass is 9.90. The van der Waals surface area contributed by atoms with Crippen LogP contribution in [0, 0.1) is 0 Å². The molecule has 0 aliphatic carbocycles. The van der Waals surface area contributed by atoms with Crippen LogP contribution >= 0.6 is 0 Å². The molecule has 1 saturated heterocycles. The highest BCUT2D eigenvalue weighted by molar-refractivity contribution is 5.89. The Labute approximate surface area is 86.4 Å². The number of amides is 1. The molecule has 80 valence electrons. The summed E-state index contributed by atoms with van der Waals surface area (Å²) in [6.45, 7) is 6.59. The molecule has 1 heterocycles. The SMILES string of the molecule is C=CN1CCC(CCC)(N(C)C)C1=O. The summed E-state index contributed by atoms with van der Waals surface area (Å²) in [5.74, 6) is 0.208. The van der Waals surface area contributed by atoms with Gasteiger partial charge in [-0.2, -0.15) is 0 Å². The van der Waals surface area contributed by atoms with Gasteiger partial charge in [0.25, 0.3) is 0 Å². The van der Waals surface area contributed by atoms with Crippen LogP contribution in [0.5, 0.6) is 0 Å². The maximum Gasteiger partial charge on any atom is 0.247 e. The van der Waals surface area contributed by atoms with Crippen LogP contribution < -0.4 is 0 Å². The Morgan fingerprint density at radius 1 is 1.64 bits per heavy atom. The first-order valence-corrected chi connectivity index (χ1v) is 5.19. The minimum Gasteiger partial charge on any atom is -0.318 e. The molecule has 1 unspecified atom stereocenters. The van der Waals surface area contributed by atoms with E-state index in [4.69, 9.17) is 0 Å². The van der Waals surface area contributed by atoms with Gasteiger partial charge in [-0.3, -0.25) is 9.69 Å². The molecule has 0 aromatic rings. The molecule has 1 aliphatic rings. The van der Waals surface area contributed by atoms with Gasteiger partial charge in [0.1, 0.15) is 5.54 Å². The van der Waals surface area contributed by atoms with Gasteiger partial charge in [0.2, 0.25) is 5.91 Å². The van der Waals surface area contributed by atoms with Crippen LogP contribution in [0.25, 0.3) is 0 Å². The minimum absolute atomic E-state index is 0.208. The van der Waals surface area contributed by atoms with Gasteiger partial charge in [0, 0.05) is 6.54 Å². The molecular weight excluding hydrogens is 176 g/mol. The van der Waals surface area contributed by atoms with Crippen LogP contribution in [0.1, 0.15) is 26.2 Å². The van der Waals surface area contributed by atoms with Gasteiger partial charge in [-0.25, -0.2) is 0 Å². The summed E-state index contributed by atoms with van der Waals surface area (Å²) < 4.78 is 0. The summed E-state index contributed by atoms with van der Waals surface area (Å²) in [6.07, 6.45) is 4.53. The zero-order valence-electron chi connectivity index (χ0n) is 9.42. The molecule has 3 heteroatoms. The number of carbonyl (C=O) groups excluding carboxylic acids is 1. The van der Waals surface area contributed by atoms with Crippen molar-refractivity contribution in [3.63, 3.8) is 0 Å². The Morgan fingerprint density at radius 3 is 2.64 bits per heavy atom. The molecule has 1 rings (SSSR count). The summed E-state index contributed by atoms with van der Waals surface area (Å²) in [4.78, 5) is 15.9. The first-order chi connectivity index (χ1) is 6.58. The highest BCUT2D eigenvalue weighted by Gasteiger charge is 2.46. The van der Waals surface area contributed by atoms with E-state index >= 15 is 0 Å². The van der Waals surface area contributed by atoms with E-state index in [1.165, 1.54) is 0 Å². The van der Waals surface area contributed by atoms with Gasteiger partial charge in [0.15, 0.2) is 0 Å². The Balaban J connectivity index is 2.90. The van der Waals surface area contributed by atoms with Crippen molar-refractivity contribution in [3.05, 3.63) is 12.8 Å². The number of rotatable bonds is 4. The first kappa shape index (κ1) is 11.2. The molecule has 1 atom stereocenters. The van der Waals surface area contributed by atoms with Crippen molar-refractivity contribution in [1.82, 2.24) is 9.80 Å². The van der Waals surface area contributed by atoms with Crippen molar-refractivity contribution in [2.75, 3.05) is 20.6 Å². The molecule has 0 radical (unpaired) electrons. The van der Waals surface area contributed by atoms with Crippen molar-refractivity contribution in [2.24, 2.45) is 0 Å². The van der Waals surface area contributed by atoms with E-state index in [0.717, 1.165) is 25.8 Å². The third kappa shape index (κ3) is 1.57. The van der Waals surface area contributed by atoms with Crippen molar-refractivity contribution < 1.29 is 4.79 Å². The second kappa shape index (κ2) is 4.13. The Morgan fingerprint density at radius 2 is 2.29 bits per heavy atom. The largest absolute Gasteiger partial charge is 0.318 e. The molecule has 0 spiro atoms. The Hall–Kier alpha value is -0.830. The van der Waals surface area contributed by atoms with E-state index in [9.17, 15) is 4.79 Å². The smallest absolute Gasteiger partial charge is 0.247 e. The normalized spacial score (nSPS) is 27.4. The lowest BCUT2D eigenvalue weighted by Crippen LogP contribution is -2.50. The van der Waals surface area contributed by atoms with E-state index in [2.05, 4.69) is 18.4 Å². The predicted molar refractivity (Wildman–Crippen MR) is 57.9 cm³/mol. The summed E-state index contributed by atoms with van der Waals surface area (Å²) in [5, 5.41) is 0. The van der Waals surface area contributed by atoms with Crippen molar-refractivity contribution >= 4 is 5.91 Å². The van der Waals surface area contributed by atoms with E-state index in [1.54, 1.807) is 11.1 Å². The zero-order valence-corrected chi connectivity index (χ0v) is 9.42. The number of likely N-dealkylation sites (tertiary alicyclic amines) is 1. The lowest BCUT2D eigenvalue weighted by Gasteiger charge is -2.33. The van der Waals surface area contributed by atoms with E-state index in [0.29, 0.717) is 0 Å². The third-order valence-corrected chi connectivity index (χ3v) is 3.17. The summed E-state index contributed by atoms with van der Waals surface area (Å²) >= 11 is 0. The molecule has 1 amide bonds. The molecule has 0 aromatic heterocycles. The average molecular weight is 196 g/mol. The van der Waals surface area contributed by atoms with Gasteiger partial charge in [0.05, 0.1) is 0 Å². The fourth-order valence-electron chi connectivity index (χ4n) is 2.24. The maximum absolute atomic E-state index is 12.1. The number of hydrogen-bond acceptors (Lipinski definition) is 2. The second-order valence-electron chi connectivity index (χ2n) is 4.11. The average Bonchev–Trinajstić information content (AvgIpc) is 2.46. The van der Waals surface area contributed by atoms with E-state index in [1.807, 2.05) is 14.1 Å². The summed E-state index contributed by atoms with van der Waals surface area (Å²) in [5.41, 5.74) is -0.275. The fourth-order valence-corrected chi connectivity index (χ4v) is 2.24. The number of hydrogen-bond donors (Lipinski definition) is 0. The molecule has 0 N–H and O–H groups in total. The predicted octanol–water partition coefficient (Wildman–Crippen LogP) is 1.46. The third-order valence-electron chi connectivity index (χ3n) is 3.17. The topological polar surface area (TPSA) is 23.6 Å². The second-order valence-corrected chi connectivity index (χ2v) is 4.11. The van der Waals surface area contributed by atoms with Crippen LogP contribution in [0.15, 0.2) is 12.8 Å². The minimum atomic E-state index is -0.275. The fraction of sp³-hybridized carbons (Fsp3) is 0.727. The molecule has 14 heavy (non-hydrogen) atoms. The highest BCUT2D eigenvalue weighted by Crippen LogP contribution is 2.32. The van der Waals surface area contributed by atoms with Gasteiger partial charge in [-0.05, 0) is 33.1 Å². The van der Waals surface area contributed by atoms with Crippen LogP contribution in [0.2, 0.25) is 0 Å². The molecule has 0 bridgehead atoms. The Kier molecular flexibility index (Phi) is 3.32. The molecule has 0 aromatic carbocycles. The van der Waals surface area contributed by atoms with Crippen LogP contribution in [0.4, 0.5) is 0 Å². The standard InChI is InChI=1S/C11H20N2O/c1-5-7-11(12(3)4)8-9-13(6-2)10(11)14/h6H,2,5,7-9H2,1,3-4H3.